The average Bonchev–Trinajstić information content (AvgIpc) is 2.62. The molecule has 0 aliphatic heterocycles. The lowest BCUT2D eigenvalue weighted by Crippen LogP contribution is -2.22. The summed E-state index contributed by atoms with van der Waals surface area (Å²) >= 11 is 0. The highest BCUT2D eigenvalue weighted by Crippen LogP contribution is 2.16. The molecule has 1 amide bonds. The molecule has 2 aromatic carbocycles. The summed E-state index contributed by atoms with van der Waals surface area (Å²) in [5.74, 6) is -0.0409. The first-order chi connectivity index (χ1) is 12.5. The zero-order valence-electron chi connectivity index (χ0n) is 14.1. The number of carbonyl (C=O) groups excluding carboxylic acids is 1. The number of carboxylic acids is 1. The van der Waals surface area contributed by atoms with Crippen molar-refractivity contribution in [1.29, 1.82) is 0 Å². The molecule has 2 N–H and O–H groups in total. The molecule has 8 heteroatoms. The van der Waals surface area contributed by atoms with Crippen LogP contribution in [0.1, 0.15) is 10.4 Å². The summed E-state index contributed by atoms with van der Waals surface area (Å²) < 4.78 is 22.5. The van der Waals surface area contributed by atoms with Crippen LogP contribution < -0.4 is 14.8 Å². The predicted octanol–water partition coefficient (Wildman–Crippen LogP) is 2.16. The fraction of sp³-hybridized carbons (Fsp3) is 0.222. The van der Waals surface area contributed by atoms with Crippen molar-refractivity contribution in [3.05, 3.63) is 54.1 Å². The van der Waals surface area contributed by atoms with Gasteiger partial charge < -0.3 is 19.9 Å². The van der Waals surface area contributed by atoms with E-state index in [4.69, 9.17) is 14.6 Å². The lowest BCUT2D eigenvalue weighted by atomic mass is 10.2. The molecular formula is C18H19NO6S. The Bertz CT molecular complexity index is 773. The minimum absolute atomic E-state index is 0.127. The predicted molar refractivity (Wildman–Crippen MR) is 98.4 cm³/mol. The van der Waals surface area contributed by atoms with E-state index < -0.39 is 22.7 Å². The van der Waals surface area contributed by atoms with Crippen molar-refractivity contribution in [3.63, 3.8) is 0 Å². The fourth-order valence-electron chi connectivity index (χ4n) is 2.04. The summed E-state index contributed by atoms with van der Waals surface area (Å²) in [5.41, 5.74) is 0.578. The molecule has 2 rings (SSSR count). The van der Waals surface area contributed by atoms with Crippen LogP contribution in [0.3, 0.4) is 0 Å². The maximum absolute atomic E-state index is 12.0. The van der Waals surface area contributed by atoms with E-state index in [0.717, 1.165) is 0 Å². The van der Waals surface area contributed by atoms with E-state index >= 15 is 0 Å². The van der Waals surface area contributed by atoms with Crippen LogP contribution in [0.15, 0.2) is 48.5 Å². The highest BCUT2D eigenvalue weighted by Gasteiger charge is 2.09. The zero-order chi connectivity index (χ0) is 18.9. The molecule has 7 nitrogen and oxygen atoms in total. The molecule has 0 aliphatic carbocycles. The normalized spacial score (nSPS) is 11.4. The van der Waals surface area contributed by atoms with Crippen LogP contribution in [0.4, 0.5) is 5.69 Å². The van der Waals surface area contributed by atoms with Crippen molar-refractivity contribution in [1.82, 2.24) is 0 Å². The summed E-state index contributed by atoms with van der Waals surface area (Å²) in [5, 5.41) is 11.4. The number of nitrogens with one attached hydrogen (secondary N) is 1. The van der Waals surface area contributed by atoms with Crippen molar-refractivity contribution in [2.45, 2.75) is 0 Å². The van der Waals surface area contributed by atoms with Gasteiger partial charge >= 0.3 is 5.97 Å². The summed E-state index contributed by atoms with van der Waals surface area (Å²) in [6, 6.07) is 12.7. The quantitative estimate of drug-likeness (QED) is 0.694. The summed E-state index contributed by atoms with van der Waals surface area (Å²) in [7, 11) is 0.203. The van der Waals surface area contributed by atoms with E-state index in [0.29, 0.717) is 17.2 Å². The second kappa shape index (κ2) is 9.57. The Kier molecular flexibility index (Phi) is 7.16. The topological polar surface area (TPSA) is 102 Å². The third-order valence-electron chi connectivity index (χ3n) is 3.35. The van der Waals surface area contributed by atoms with Crippen molar-refractivity contribution in [3.8, 4) is 11.5 Å². The van der Waals surface area contributed by atoms with Crippen LogP contribution in [-0.2, 0) is 15.6 Å². The number of carboxylic acid groups (broad SMARTS) is 1. The Hall–Kier alpha value is -2.87. The number of amides is 1. The Balaban J connectivity index is 1.72. The molecule has 0 aromatic heterocycles. The molecule has 0 heterocycles. The molecule has 2 aromatic rings. The van der Waals surface area contributed by atoms with Crippen LogP contribution in [0.25, 0.3) is 0 Å². The van der Waals surface area contributed by atoms with E-state index in [1.807, 2.05) is 0 Å². The molecule has 0 saturated heterocycles. The van der Waals surface area contributed by atoms with Gasteiger partial charge in [-0.3, -0.25) is 9.00 Å². The van der Waals surface area contributed by atoms with Gasteiger partial charge in [0, 0.05) is 16.5 Å². The molecule has 138 valence electrons. The number of rotatable bonds is 9. The van der Waals surface area contributed by atoms with Crippen molar-refractivity contribution in [2.75, 3.05) is 30.5 Å². The monoisotopic (exact) mass is 377 g/mol. The Morgan fingerprint density at radius 2 is 1.65 bits per heavy atom. The zero-order valence-corrected chi connectivity index (χ0v) is 15.0. The largest absolute Gasteiger partial charge is 0.497 e. The standard InChI is InChI=1S/C18H19NO6S/c1-24-15-6-8-16(9-7-15)25-10-11-26(23)12-17(20)19-14-4-2-13(3-5-14)18(21)22/h2-9H,10-12H2,1H3,(H,19,20)(H,21,22). The van der Waals surface area contributed by atoms with E-state index in [1.54, 1.807) is 31.4 Å². The van der Waals surface area contributed by atoms with Crippen molar-refractivity contribution >= 4 is 28.4 Å². The first-order valence-electron chi connectivity index (χ1n) is 7.73. The van der Waals surface area contributed by atoms with Gasteiger partial charge in [0.05, 0.1) is 25.0 Å². The molecule has 0 fully saturated rings. The lowest BCUT2D eigenvalue weighted by molar-refractivity contribution is -0.113. The third kappa shape index (κ3) is 6.21. The fourth-order valence-corrected chi connectivity index (χ4v) is 2.81. The molecule has 1 atom stereocenters. The number of anilines is 1. The number of aromatic carboxylic acids is 1. The van der Waals surface area contributed by atoms with Crippen LogP contribution >= 0.6 is 0 Å². The summed E-state index contributed by atoms with van der Waals surface area (Å²) in [6.45, 7) is 0.222. The van der Waals surface area contributed by atoms with Gasteiger partial charge in [-0.15, -0.1) is 0 Å². The van der Waals surface area contributed by atoms with Crippen molar-refractivity contribution in [2.24, 2.45) is 0 Å². The minimum Gasteiger partial charge on any atom is -0.497 e. The third-order valence-corrected chi connectivity index (χ3v) is 4.55. The number of hydrogen-bond acceptors (Lipinski definition) is 5. The second-order valence-corrected chi connectivity index (χ2v) is 6.82. The highest BCUT2D eigenvalue weighted by molar-refractivity contribution is 7.85. The van der Waals surface area contributed by atoms with E-state index in [9.17, 15) is 13.8 Å². The Morgan fingerprint density at radius 3 is 2.23 bits per heavy atom. The molecule has 0 spiro atoms. The van der Waals surface area contributed by atoms with E-state index in [1.165, 1.54) is 24.3 Å². The molecule has 0 radical (unpaired) electrons. The van der Waals surface area contributed by atoms with Gasteiger partial charge in [-0.25, -0.2) is 4.79 Å². The maximum Gasteiger partial charge on any atom is 0.335 e. The SMILES string of the molecule is COc1ccc(OCCS(=O)CC(=O)Nc2ccc(C(=O)O)cc2)cc1. The second-order valence-electron chi connectivity index (χ2n) is 5.24. The Labute approximate surface area is 153 Å². The molecular weight excluding hydrogens is 358 g/mol. The molecule has 0 bridgehead atoms. The first kappa shape index (κ1) is 19.5. The average molecular weight is 377 g/mol. The first-order valence-corrected chi connectivity index (χ1v) is 9.22. The van der Waals surface area contributed by atoms with Gasteiger partial charge in [0.2, 0.25) is 5.91 Å². The number of ether oxygens (including phenoxy) is 2. The Morgan fingerprint density at radius 1 is 1.04 bits per heavy atom. The molecule has 26 heavy (non-hydrogen) atoms. The molecule has 1 unspecified atom stereocenters. The van der Waals surface area contributed by atoms with Gasteiger partial charge in [0.25, 0.3) is 0 Å². The minimum atomic E-state index is -1.37. The lowest BCUT2D eigenvalue weighted by Gasteiger charge is -2.08. The van der Waals surface area contributed by atoms with Crippen LogP contribution in [0.5, 0.6) is 11.5 Å². The van der Waals surface area contributed by atoms with E-state index in [2.05, 4.69) is 5.32 Å². The van der Waals surface area contributed by atoms with E-state index in [-0.39, 0.29) is 23.7 Å². The summed E-state index contributed by atoms with van der Waals surface area (Å²) in [6.07, 6.45) is 0. The number of carbonyl (C=O) groups is 2. The number of hydrogen-bond donors (Lipinski definition) is 2. The highest BCUT2D eigenvalue weighted by atomic mass is 32.2. The van der Waals surface area contributed by atoms with Crippen LogP contribution in [-0.4, -0.2) is 46.4 Å². The molecule has 0 saturated carbocycles. The number of methoxy groups -OCH3 is 1. The van der Waals surface area contributed by atoms with Gasteiger partial charge in [-0.05, 0) is 48.5 Å². The van der Waals surface area contributed by atoms with Crippen molar-refractivity contribution < 1.29 is 28.4 Å². The smallest absolute Gasteiger partial charge is 0.335 e. The van der Waals surface area contributed by atoms with Crippen LogP contribution in [0.2, 0.25) is 0 Å². The van der Waals surface area contributed by atoms with Gasteiger partial charge in [0.1, 0.15) is 17.3 Å². The van der Waals surface area contributed by atoms with Gasteiger partial charge in [0.15, 0.2) is 0 Å². The van der Waals surface area contributed by atoms with Crippen LogP contribution in [0, 0.1) is 0 Å². The maximum atomic E-state index is 12.0. The molecule has 0 aliphatic rings. The summed E-state index contributed by atoms with van der Waals surface area (Å²) in [4.78, 5) is 22.6. The van der Waals surface area contributed by atoms with Gasteiger partial charge in [-0.1, -0.05) is 0 Å². The number of benzene rings is 2. The van der Waals surface area contributed by atoms with Gasteiger partial charge in [-0.2, -0.15) is 0 Å².